The van der Waals surface area contributed by atoms with Crippen molar-refractivity contribution in [2.75, 3.05) is 33.9 Å². The molecular formula is C26H25N7O. The molecule has 4 aromatic rings. The SMILES string of the molecule is O=C(Nc1ccc(-c2ccccc2)nn1)Nc1ccccc1Nc1ccc(N2CCCC2)nc1. The number of urea groups is 1. The van der Waals surface area contributed by atoms with E-state index < -0.39 is 6.03 Å². The lowest BCUT2D eigenvalue weighted by Gasteiger charge is -2.17. The van der Waals surface area contributed by atoms with Crippen LogP contribution in [0.25, 0.3) is 11.3 Å². The third kappa shape index (κ3) is 5.12. The number of benzene rings is 2. The molecule has 8 nitrogen and oxygen atoms in total. The van der Waals surface area contributed by atoms with E-state index in [4.69, 9.17) is 0 Å². The van der Waals surface area contributed by atoms with Gasteiger partial charge in [-0.05, 0) is 49.2 Å². The van der Waals surface area contributed by atoms with E-state index >= 15 is 0 Å². The third-order valence-corrected chi connectivity index (χ3v) is 5.61. The molecule has 1 aliphatic heterocycles. The Morgan fingerprint density at radius 3 is 2.24 bits per heavy atom. The molecule has 3 N–H and O–H groups in total. The standard InChI is InChI=1S/C26H25N7O/c34-26(30-24-14-13-21(31-32-24)19-8-2-1-3-9-19)29-23-11-5-4-10-22(23)28-20-12-15-25(27-18-20)33-16-6-7-17-33/h1-5,8-15,18,28H,6-7,16-17H2,(H2,29,30,32,34). The molecule has 8 heteroatoms. The number of nitrogens with one attached hydrogen (secondary N) is 3. The third-order valence-electron chi connectivity index (χ3n) is 5.61. The summed E-state index contributed by atoms with van der Waals surface area (Å²) in [5, 5.41) is 17.3. The number of aromatic nitrogens is 3. The first-order chi connectivity index (χ1) is 16.7. The molecular weight excluding hydrogens is 426 g/mol. The molecule has 2 aromatic heterocycles. The molecule has 0 unspecified atom stereocenters. The zero-order chi connectivity index (χ0) is 23.2. The fourth-order valence-corrected chi connectivity index (χ4v) is 3.88. The monoisotopic (exact) mass is 451 g/mol. The Balaban J connectivity index is 1.22. The Bertz CT molecular complexity index is 1240. The first-order valence-electron chi connectivity index (χ1n) is 11.3. The van der Waals surface area contributed by atoms with Crippen molar-refractivity contribution in [3.8, 4) is 11.3 Å². The first-order valence-corrected chi connectivity index (χ1v) is 11.3. The second kappa shape index (κ2) is 9.99. The van der Waals surface area contributed by atoms with E-state index in [1.54, 1.807) is 6.07 Å². The van der Waals surface area contributed by atoms with Gasteiger partial charge in [-0.3, -0.25) is 5.32 Å². The highest BCUT2D eigenvalue weighted by Gasteiger charge is 2.13. The zero-order valence-corrected chi connectivity index (χ0v) is 18.6. The molecule has 1 aliphatic rings. The Kier molecular flexibility index (Phi) is 6.29. The molecule has 0 bridgehead atoms. The summed E-state index contributed by atoms with van der Waals surface area (Å²) in [6.45, 7) is 2.11. The Morgan fingerprint density at radius 2 is 1.53 bits per heavy atom. The van der Waals surface area contributed by atoms with Gasteiger partial charge < -0.3 is 15.5 Å². The van der Waals surface area contributed by atoms with Crippen LogP contribution in [0.1, 0.15) is 12.8 Å². The van der Waals surface area contributed by atoms with E-state index in [1.807, 2.05) is 79.0 Å². The van der Waals surface area contributed by atoms with Gasteiger partial charge in [-0.2, -0.15) is 0 Å². The lowest BCUT2D eigenvalue weighted by Crippen LogP contribution is -2.21. The van der Waals surface area contributed by atoms with Crippen LogP contribution in [0.15, 0.2) is 85.1 Å². The molecule has 2 amide bonds. The molecule has 0 radical (unpaired) electrons. The lowest BCUT2D eigenvalue weighted by molar-refractivity contribution is 0.262. The number of hydrogen-bond acceptors (Lipinski definition) is 6. The van der Waals surface area contributed by atoms with Gasteiger partial charge in [-0.1, -0.05) is 42.5 Å². The fraction of sp³-hybridized carbons (Fsp3) is 0.154. The maximum absolute atomic E-state index is 12.6. The quantitative estimate of drug-likeness (QED) is 0.357. The van der Waals surface area contributed by atoms with Crippen LogP contribution in [-0.2, 0) is 0 Å². The van der Waals surface area contributed by atoms with E-state index in [0.29, 0.717) is 11.5 Å². The van der Waals surface area contributed by atoms with Crippen molar-refractivity contribution >= 4 is 34.7 Å². The molecule has 34 heavy (non-hydrogen) atoms. The van der Waals surface area contributed by atoms with E-state index in [0.717, 1.165) is 41.5 Å². The normalized spacial score (nSPS) is 12.9. The predicted molar refractivity (Wildman–Crippen MR) is 136 cm³/mol. The van der Waals surface area contributed by atoms with Gasteiger partial charge in [0.2, 0.25) is 0 Å². The summed E-state index contributed by atoms with van der Waals surface area (Å²) in [6, 6.07) is 24.4. The summed E-state index contributed by atoms with van der Waals surface area (Å²) in [6.07, 6.45) is 4.24. The van der Waals surface area contributed by atoms with Crippen LogP contribution >= 0.6 is 0 Å². The highest BCUT2D eigenvalue weighted by atomic mass is 16.2. The van der Waals surface area contributed by atoms with Crippen molar-refractivity contribution in [1.29, 1.82) is 0 Å². The van der Waals surface area contributed by atoms with Gasteiger partial charge in [0.1, 0.15) is 5.82 Å². The largest absolute Gasteiger partial charge is 0.357 e. The molecule has 1 fully saturated rings. The van der Waals surface area contributed by atoms with Crippen LogP contribution < -0.4 is 20.9 Å². The maximum Gasteiger partial charge on any atom is 0.324 e. The van der Waals surface area contributed by atoms with Crippen molar-refractivity contribution in [3.05, 3.63) is 85.1 Å². The summed E-state index contributed by atoms with van der Waals surface area (Å²) < 4.78 is 0. The molecule has 0 atom stereocenters. The molecule has 170 valence electrons. The number of rotatable bonds is 6. The summed E-state index contributed by atoms with van der Waals surface area (Å²) in [4.78, 5) is 19.5. The number of para-hydroxylation sites is 2. The Hall–Kier alpha value is -4.46. The van der Waals surface area contributed by atoms with E-state index in [-0.39, 0.29) is 0 Å². The Morgan fingerprint density at radius 1 is 0.765 bits per heavy atom. The average Bonchev–Trinajstić information content (AvgIpc) is 3.42. The molecule has 2 aromatic carbocycles. The van der Waals surface area contributed by atoms with Crippen LogP contribution in [0, 0.1) is 0 Å². The number of amides is 2. The van der Waals surface area contributed by atoms with Gasteiger partial charge >= 0.3 is 6.03 Å². The predicted octanol–water partition coefficient (Wildman–Crippen LogP) is 5.53. The van der Waals surface area contributed by atoms with Gasteiger partial charge in [0, 0.05) is 18.7 Å². The van der Waals surface area contributed by atoms with E-state index in [1.165, 1.54) is 12.8 Å². The number of hydrogen-bond donors (Lipinski definition) is 3. The van der Waals surface area contributed by atoms with Crippen molar-refractivity contribution in [3.63, 3.8) is 0 Å². The fourth-order valence-electron chi connectivity index (χ4n) is 3.88. The van der Waals surface area contributed by atoms with Crippen LogP contribution in [0.4, 0.5) is 33.5 Å². The molecule has 5 rings (SSSR count). The summed E-state index contributed by atoms with van der Waals surface area (Å²) >= 11 is 0. The summed E-state index contributed by atoms with van der Waals surface area (Å²) in [5.41, 5.74) is 3.95. The van der Waals surface area contributed by atoms with Crippen LogP contribution in [0.3, 0.4) is 0 Å². The molecule has 0 aliphatic carbocycles. The Labute approximate surface area is 198 Å². The van der Waals surface area contributed by atoms with E-state index in [2.05, 4.69) is 36.0 Å². The van der Waals surface area contributed by atoms with Crippen LogP contribution in [-0.4, -0.2) is 34.3 Å². The van der Waals surface area contributed by atoms with Crippen LogP contribution in [0.2, 0.25) is 0 Å². The van der Waals surface area contributed by atoms with Gasteiger partial charge in [-0.25, -0.2) is 9.78 Å². The van der Waals surface area contributed by atoms with E-state index in [9.17, 15) is 4.79 Å². The molecule has 0 spiro atoms. The zero-order valence-electron chi connectivity index (χ0n) is 18.6. The maximum atomic E-state index is 12.6. The minimum Gasteiger partial charge on any atom is -0.357 e. The highest BCUT2D eigenvalue weighted by molar-refractivity contribution is 6.01. The number of nitrogens with zero attached hydrogens (tertiary/aromatic N) is 4. The molecule has 0 saturated carbocycles. The summed E-state index contributed by atoms with van der Waals surface area (Å²) in [5.74, 6) is 1.36. The molecule has 1 saturated heterocycles. The van der Waals surface area contributed by atoms with Gasteiger partial charge in [0.15, 0.2) is 5.82 Å². The second-order valence-electron chi connectivity index (χ2n) is 8.02. The second-order valence-corrected chi connectivity index (χ2v) is 8.02. The van der Waals surface area contributed by atoms with Crippen molar-refractivity contribution < 1.29 is 4.79 Å². The highest BCUT2D eigenvalue weighted by Crippen LogP contribution is 2.26. The smallest absolute Gasteiger partial charge is 0.324 e. The van der Waals surface area contributed by atoms with Crippen LogP contribution in [0.5, 0.6) is 0 Å². The van der Waals surface area contributed by atoms with Crippen molar-refractivity contribution in [1.82, 2.24) is 15.2 Å². The minimum atomic E-state index is -0.404. The summed E-state index contributed by atoms with van der Waals surface area (Å²) in [7, 11) is 0. The average molecular weight is 452 g/mol. The number of carbonyl (C=O) groups excluding carboxylic acids is 1. The van der Waals surface area contributed by atoms with Gasteiger partial charge in [0.25, 0.3) is 0 Å². The first kappa shape index (κ1) is 21.4. The minimum absolute atomic E-state index is 0.365. The topological polar surface area (TPSA) is 95.1 Å². The lowest BCUT2D eigenvalue weighted by atomic mass is 10.1. The van der Waals surface area contributed by atoms with Crippen molar-refractivity contribution in [2.24, 2.45) is 0 Å². The number of carbonyl (C=O) groups is 1. The van der Waals surface area contributed by atoms with Gasteiger partial charge in [-0.15, -0.1) is 10.2 Å². The molecule has 3 heterocycles. The number of anilines is 5. The number of pyridine rings is 1. The van der Waals surface area contributed by atoms with Crippen molar-refractivity contribution in [2.45, 2.75) is 12.8 Å². The van der Waals surface area contributed by atoms with Gasteiger partial charge in [0.05, 0.1) is 29.0 Å².